The summed E-state index contributed by atoms with van der Waals surface area (Å²) in [7, 11) is 0. The maximum atomic E-state index is 12.7. The lowest BCUT2D eigenvalue weighted by Crippen LogP contribution is -2.23. The second kappa shape index (κ2) is 10.0. The zero-order valence-corrected chi connectivity index (χ0v) is 18.0. The summed E-state index contributed by atoms with van der Waals surface area (Å²) in [5, 5.41) is 12.1. The number of hydrogen-bond acceptors (Lipinski definition) is 5. The van der Waals surface area contributed by atoms with Crippen LogP contribution in [0.4, 0.5) is 5.69 Å². The van der Waals surface area contributed by atoms with Gasteiger partial charge in [0, 0.05) is 30.2 Å². The van der Waals surface area contributed by atoms with Crippen LogP contribution in [0.25, 0.3) is 11.4 Å². The highest BCUT2D eigenvalue weighted by molar-refractivity contribution is 8.00. The Morgan fingerprint density at radius 1 is 1.00 bits per heavy atom. The van der Waals surface area contributed by atoms with Gasteiger partial charge in [-0.2, -0.15) is 0 Å². The minimum Gasteiger partial charge on any atom is -0.325 e. The van der Waals surface area contributed by atoms with Gasteiger partial charge in [0.25, 0.3) is 0 Å². The van der Waals surface area contributed by atoms with E-state index in [-0.39, 0.29) is 11.2 Å². The summed E-state index contributed by atoms with van der Waals surface area (Å²) in [5.74, 6) is 0.680. The molecule has 0 unspecified atom stereocenters. The summed E-state index contributed by atoms with van der Waals surface area (Å²) in [5.41, 5.74) is 2.91. The molecule has 0 radical (unpaired) electrons. The van der Waals surface area contributed by atoms with Crippen LogP contribution in [0.3, 0.4) is 0 Å². The maximum Gasteiger partial charge on any atom is 0.237 e. The number of anilines is 1. The van der Waals surface area contributed by atoms with Gasteiger partial charge in [-0.15, -0.1) is 10.2 Å². The third-order valence-corrected chi connectivity index (χ3v) is 5.88. The van der Waals surface area contributed by atoms with Crippen LogP contribution in [-0.2, 0) is 17.8 Å². The van der Waals surface area contributed by atoms with Crippen LogP contribution in [0.5, 0.6) is 0 Å². The van der Waals surface area contributed by atoms with E-state index in [2.05, 4.69) is 37.2 Å². The molecule has 0 aliphatic heterocycles. The zero-order chi connectivity index (χ0) is 21.5. The monoisotopic (exact) mass is 429 g/mol. The van der Waals surface area contributed by atoms with E-state index in [1.807, 2.05) is 67.6 Å². The first-order valence-corrected chi connectivity index (χ1v) is 11.0. The molecule has 0 saturated heterocycles. The molecule has 0 spiro atoms. The minimum absolute atomic E-state index is 0.0725. The van der Waals surface area contributed by atoms with Crippen LogP contribution in [0.1, 0.15) is 12.5 Å². The van der Waals surface area contributed by atoms with Crippen LogP contribution in [-0.4, -0.2) is 30.9 Å². The predicted molar refractivity (Wildman–Crippen MR) is 124 cm³/mol. The van der Waals surface area contributed by atoms with Crippen LogP contribution in [0.15, 0.2) is 90.3 Å². The van der Waals surface area contributed by atoms with Crippen molar-refractivity contribution in [2.45, 2.75) is 30.3 Å². The average molecular weight is 430 g/mol. The first kappa shape index (κ1) is 20.8. The summed E-state index contributed by atoms with van der Waals surface area (Å²) in [6.07, 6.45) is 4.35. The molecular formula is C24H23N5OS. The van der Waals surface area contributed by atoms with Crippen molar-refractivity contribution in [1.82, 2.24) is 19.7 Å². The van der Waals surface area contributed by atoms with Crippen molar-refractivity contribution in [3.63, 3.8) is 0 Å². The summed E-state index contributed by atoms with van der Waals surface area (Å²) in [6, 6.07) is 23.6. The molecule has 2 aromatic heterocycles. The first-order valence-electron chi connectivity index (χ1n) is 10.1. The van der Waals surface area contributed by atoms with E-state index in [1.54, 1.807) is 12.4 Å². The van der Waals surface area contributed by atoms with E-state index in [0.29, 0.717) is 11.7 Å². The maximum absolute atomic E-state index is 12.7. The second-order valence-corrected chi connectivity index (χ2v) is 8.36. The SMILES string of the molecule is C[C@@H](Sc1nnc(-c2cccnc2)n1CCc1ccccc1)C(=O)Nc1ccccc1. The number of amides is 1. The Kier molecular flexibility index (Phi) is 6.74. The number of aryl methyl sites for hydroxylation is 1. The van der Waals surface area contributed by atoms with Gasteiger partial charge in [-0.1, -0.05) is 60.3 Å². The quantitative estimate of drug-likeness (QED) is 0.411. The molecule has 1 amide bonds. The molecule has 2 aromatic carbocycles. The summed E-state index contributed by atoms with van der Waals surface area (Å²) >= 11 is 1.41. The molecular weight excluding hydrogens is 406 g/mol. The van der Waals surface area contributed by atoms with E-state index in [1.165, 1.54) is 17.3 Å². The molecule has 1 atom stereocenters. The molecule has 2 heterocycles. The van der Waals surface area contributed by atoms with Gasteiger partial charge in [0.15, 0.2) is 11.0 Å². The van der Waals surface area contributed by atoms with Gasteiger partial charge >= 0.3 is 0 Å². The number of rotatable bonds is 8. The molecule has 1 N–H and O–H groups in total. The van der Waals surface area contributed by atoms with E-state index in [4.69, 9.17) is 0 Å². The third-order valence-electron chi connectivity index (χ3n) is 4.80. The fourth-order valence-corrected chi connectivity index (χ4v) is 4.02. The first-order chi connectivity index (χ1) is 15.2. The molecule has 0 fully saturated rings. The Bertz CT molecular complexity index is 1120. The van der Waals surface area contributed by atoms with E-state index < -0.39 is 0 Å². The second-order valence-electron chi connectivity index (χ2n) is 7.05. The van der Waals surface area contributed by atoms with Crippen molar-refractivity contribution in [2.24, 2.45) is 0 Å². The van der Waals surface area contributed by atoms with Gasteiger partial charge < -0.3 is 9.88 Å². The Morgan fingerprint density at radius 2 is 1.74 bits per heavy atom. The van der Waals surface area contributed by atoms with E-state index in [0.717, 1.165) is 23.5 Å². The Balaban J connectivity index is 1.54. The average Bonchev–Trinajstić information content (AvgIpc) is 3.22. The highest BCUT2D eigenvalue weighted by Crippen LogP contribution is 2.27. The van der Waals surface area contributed by atoms with Crippen LogP contribution < -0.4 is 5.32 Å². The molecule has 4 aromatic rings. The number of benzene rings is 2. The van der Waals surface area contributed by atoms with Crippen molar-refractivity contribution < 1.29 is 4.79 Å². The summed E-state index contributed by atoms with van der Waals surface area (Å²) in [4.78, 5) is 16.9. The molecule has 4 rings (SSSR count). The highest BCUT2D eigenvalue weighted by Gasteiger charge is 2.21. The Hall–Kier alpha value is -3.45. The topological polar surface area (TPSA) is 72.7 Å². The van der Waals surface area contributed by atoms with Crippen molar-refractivity contribution in [2.75, 3.05) is 5.32 Å². The number of thioether (sulfide) groups is 1. The number of carbonyl (C=O) groups is 1. The number of hydrogen-bond donors (Lipinski definition) is 1. The fourth-order valence-electron chi connectivity index (χ4n) is 3.15. The normalized spacial score (nSPS) is 11.8. The van der Waals surface area contributed by atoms with Gasteiger partial charge in [-0.3, -0.25) is 9.78 Å². The minimum atomic E-state index is -0.332. The highest BCUT2D eigenvalue weighted by atomic mass is 32.2. The van der Waals surface area contributed by atoms with Gasteiger partial charge in [-0.25, -0.2) is 0 Å². The lowest BCUT2D eigenvalue weighted by Gasteiger charge is -2.14. The number of para-hydroxylation sites is 1. The van der Waals surface area contributed by atoms with Gasteiger partial charge in [-0.05, 0) is 43.2 Å². The van der Waals surface area contributed by atoms with Crippen LogP contribution in [0, 0.1) is 0 Å². The number of pyridine rings is 1. The smallest absolute Gasteiger partial charge is 0.237 e. The number of nitrogens with zero attached hydrogens (tertiary/aromatic N) is 4. The molecule has 156 valence electrons. The van der Waals surface area contributed by atoms with E-state index in [9.17, 15) is 4.79 Å². The molecule has 0 bridgehead atoms. The van der Waals surface area contributed by atoms with Crippen LogP contribution >= 0.6 is 11.8 Å². The number of nitrogens with one attached hydrogen (secondary N) is 1. The van der Waals surface area contributed by atoms with Crippen molar-refractivity contribution >= 4 is 23.4 Å². The fraction of sp³-hybridized carbons (Fsp3) is 0.167. The number of carbonyl (C=O) groups excluding carboxylic acids is 1. The zero-order valence-electron chi connectivity index (χ0n) is 17.2. The standard InChI is InChI=1S/C24H23N5OS/c1-18(23(30)26-21-12-6-3-7-13-21)31-24-28-27-22(20-11-8-15-25-17-20)29(24)16-14-19-9-4-2-5-10-19/h2-13,15,17-18H,14,16H2,1H3,(H,26,30)/t18-/m1/s1. The van der Waals surface area contributed by atoms with Gasteiger partial charge in [0.05, 0.1) is 5.25 Å². The largest absolute Gasteiger partial charge is 0.325 e. The van der Waals surface area contributed by atoms with Crippen LogP contribution in [0.2, 0.25) is 0 Å². The molecule has 7 heteroatoms. The third kappa shape index (κ3) is 5.38. The lowest BCUT2D eigenvalue weighted by atomic mass is 10.1. The molecule has 0 aliphatic rings. The van der Waals surface area contributed by atoms with Crippen molar-refractivity contribution in [1.29, 1.82) is 0 Å². The van der Waals surface area contributed by atoms with Gasteiger partial charge in [0.2, 0.25) is 5.91 Å². The molecule has 31 heavy (non-hydrogen) atoms. The molecule has 0 saturated carbocycles. The predicted octanol–water partition coefficient (Wildman–Crippen LogP) is 4.70. The molecule has 0 aliphatic carbocycles. The Labute approximate surface area is 185 Å². The van der Waals surface area contributed by atoms with Crippen molar-refractivity contribution in [3.05, 3.63) is 90.8 Å². The van der Waals surface area contributed by atoms with E-state index >= 15 is 0 Å². The summed E-state index contributed by atoms with van der Waals surface area (Å²) < 4.78 is 2.07. The number of aromatic nitrogens is 4. The summed E-state index contributed by atoms with van der Waals surface area (Å²) in [6.45, 7) is 2.58. The lowest BCUT2D eigenvalue weighted by molar-refractivity contribution is -0.115. The molecule has 6 nitrogen and oxygen atoms in total. The van der Waals surface area contributed by atoms with Crippen molar-refractivity contribution in [3.8, 4) is 11.4 Å². The van der Waals surface area contributed by atoms with Gasteiger partial charge in [0.1, 0.15) is 0 Å². The Morgan fingerprint density at radius 3 is 2.45 bits per heavy atom.